The summed E-state index contributed by atoms with van der Waals surface area (Å²) in [5, 5.41) is 7.65. The Morgan fingerprint density at radius 3 is 2.38 bits per heavy atom. The fourth-order valence-corrected chi connectivity index (χ4v) is 4.17. The first-order chi connectivity index (χ1) is 11.3. The molecular formula is C22H30N2. The third kappa shape index (κ3) is 3.02. The Hall–Kier alpha value is -1.96. The minimum Gasteiger partial charge on any atom is -0.381 e. The zero-order valence-corrected chi connectivity index (χ0v) is 15.8. The summed E-state index contributed by atoms with van der Waals surface area (Å²) in [6, 6.07) is 16.2. The van der Waals surface area contributed by atoms with Gasteiger partial charge in [-0.1, -0.05) is 52.0 Å². The van der Waals surface area contributed by atoms with Crippen LogP contribution < -0.4 is 10.6 Å². The van der Waals surface area contributed by atoms with Gasteiger partial charge in [-0.15, -0.1) is 0 Å². The van der Waals surface area contributed by atoms with E-state index in [4.69, 9.17) is 0 Å². The standard InChI is InChI=1S/C22H30N2/c1-14(2)20-22(5,6)21(23-17-9-7-8-15(3)12-17)18-11-10-16(4)13-19(18)24-20/h7-14,20-21,23-24H,1-6H3. The molecule has 2 unspecified atom stereocenters. The number of benzene rings is 2. The van der Waals surface area contributed by atoms with Crippen LogP contribution in [-0.2, 0) is 0 Å². The topological polar surface area (TPSA) is 24.1 Å². The second-order valence-corrected chi connectivity index (χ2v) is 8.22. The third-order valence-electron chi connectivity index (χ3n) is 5.37. The summed E-state index contributed by atoms with van der Waals surface area (Å²) in [5.41, 5.74) is 6.53. The molecule has 2 N–H and O–H groups in total. The second-order valence-electron chi connectivity index (χ2n) is 8.22. The Bertz CT molecular complexity index is 730. The van der Waals surface area contributed by atoms with E-state index in [1.807, 2.05) is 0 Å². The fraction of sp³-hybridized carbons (Fsp3) is 0.455. The molecule has 0 saturated heterocycles. The molecule has 0 amide bonds. The Morgan fingerprint density at radius 1 is 1.00 bits per heavy atom. The van der Waals surface area contributed by atoms with Gasteiger partial charge in [-0.25, -0.2) is 0 Å². The number of anilines is 2. The Labute approximate surface area is 146 Å². The number of hydrogen-bond donors (Lipinski definition) is 2. The number of fused-ring (bicyclic) bond motifs is 1. The molecule has 2 aromatic carbocycles. The molecule has 1 aliphatic heterocycles. The maximum Gasteiger partial charge on any atom is 0.0604 e. The molecule has 0 fully saturated rings. The lowest BCUT2D eigenvalue weighted by Gasteiger charge is -2.49. The van der Waals surface area contributed by atoms with E-state index in [1.54, 1.807) is 0 Å². The molecule has 1 aliphatic rings. The number of rotatable bonds is 3. The Balaban J connectivity index is 2.06. The van der Waals surface area contributed by atoms with E-state index in [0.29, 0.717) is 12.0 Å². The minimum absolute atomic E-state index is 0.0974. The van der Waals surface area contributed by atoms with Gasteiger partial charge in [0, 0.05) is 22.8 Å². The van der Waals surface area contributed by atoms with Crippen LogP contribution in [0.1, 0.15) is 50.4 Å². The number of aryl methyl sites for hydroxylation is 2. The summed E-state index contributed by atoms with van der Waals surface area (Å²) in [6.07, 6.45) is 0. The molecule has 1 heterocycles. The van der Waals surface area contributed by atoms with Crippen LogP contribution in [0.25, 0.3) is 0 Å². The molecule has 0 saturated carbocycles. The molecule has 2 nitrogen and oxygen atoms in total. The largest absolute Gasteiger partial charge is 0.381 e. The molecule has 3 rings (SSSR count). The van der Waals surface area contributed by atoms with Crippen molar-refractivity contribution < 1.29 is 0 Å². The minimum atomic E-state index is 0.0974. The number of nitrogens with one attached hydrogen (secondary N) is 2. The lowest BCUT2D eigenvalue weighted by atomic mass is 9.68. The summed E-state index contributed by atoms with van der Waals surface area (Å²) >= 11 is 0. The summed E-state index contributed by atoms with van der Waals surface area (Å²) in [7, 11) is 0. The predicted octanol–water partition coefficient (Wildman–Crippen LogP) is 5.93. The zero-order valence-electron chi connectivity index (χ0n) is 15.8. The molecule has 2 atom stereocenters. The van der Waals surface area contributed by atoms with Gasteiger partial charge >= 0.3 is 0 Å². The highest BCUT2D eigenvalue weighted by Crippen LogP contribution is 2.48. The van der Waals surface area contributed by atoms with Crippen LogP contribution >= 0.6 is 0 Å². The van der Waals surface area contributed by atoms with Crippen LogP contribution in [0.2, 0.25) is 0 Å². The molecule has 2 aromatic rings. The van der Waals surface area contributed by atoms with Gasteiger partial charge in [0.05, 0.1) is 6.04 Å². The van der Waals surface area contributed by atoms with Crippen molar-refractivity contribution in [1.82, 2.24) is 0 Å². The summed E-state index contributed by atoms with van der Waals surface area (Å²) in [4.78, 5) is 0. The molecule has 2 heteroatoms. The second kappa shape index (κ2) is 6.16. The first-order valence-corrected chi connectivity index (χ1v) is 8.99. The van der Waals surface area contributed by atoms with E-state index >= 15 is 0 Å². The Morgan fingerprint density at radius 2 is 1.71 bits per heavy atom. The van der Waals surface area contributed by atoms with Gasteiger partial charge in [0.2, 0.25) is 0 Å². The highest BCUT2D eigenvalue weighted by molar-refractivity contribution is 5.61. The van der Waals surface area contributed by atoms with Crippen LogP contribution in [0, 0.1) is 25.2 Å². The lowest BCUT2D eigenvalue weighted by molar-refractivity contribution is 0.205. The first kappa shape index (κ1) is 16.9. The normalized spacial score (nSPS) is 22.0. The van der Waals surface area contributed by atoms with Crippen LogP contribution in [-0.4, -0.2) is 6.04 Å². The highest BCUT2D eigenvalue weighted by atomic mass is 15.0. The van der Waals surface area contributed by atoms with Crippen molar-refractivity contribution in [3.8, 4) is 0 Å². The molecule has 0 aliphatic carbocycles. The number of hydrogen-bond acceptors (Lipinski definition) is 2. The monoisotopic (exact) mass is 322 g/mol. The predicted molar refractivity (Wildman–Crippen MR) is 105 cm³/mol. The van der Waals surface area contributed by atoms with Crippen LogP contribution in [0.15, 0.2) is 42.5 Å². The van der Waals surface area contributed by atoms with Gasteiger partial charge in [0.1, 0.15) is 0 Å². The maximum absolute atomic E-state index is 3.83. The first-order valence-electron chi connectivity index (χ1n) is 8.99. The van der Waals surface area contributed by atoms with E-state index in [-0.39, 0.29) is 11.5 Å². The van der Waals surface area contributed by atoms with E-state index in [9.17, 15) is 0 Å². The van der Waals surface area contributed by atoms with Crippen molar-refractivity contribution in [3.63, 3.8) is 0 Å². The van der Waals surface area contributed by atoms with Crippen LogP contribution in [0.4, 0.5) is 11.4 Å². The van der Waals surface area contributed by atoms with Gasteiger partial charge in [-0.05, 0) is 54.7 Å². The van der Waals surface area contributed by atoms with Gasteiger partial charge in [-0.3, -0.25) is 0 Å². The van der Waals surface area contributed by atoms with Crippen molar-refractivity contribution in [2.45, 2.75) is 53.6 Å². The third-order valence-corrected chi connectivity index (χ3v) is 5.37. The van der Waals surface area contributed by atoms with E-state index < -0.39 is 0 Å². The summed E-state index contributed by atoms with van der Waals surface area (Å²) < 4.78 is 0. The van der Waals surface area contributed by atoms with E-state index in [1.165, 1.54) is 28.1 Å². The lowest BCUT2D eigenvalue weighted by Crippen LogP contribution is -2.49. The van der Waals surface area contributed by atoms with Crippen molar-refractivity contribution in [2.24, 2.45) is 11.3 Å². The van der Waals surface area contributed by atoms with Gasteiger partial charge in [0.25, 0.3) is 0 Å². The van der Waals surface area contributed by atoms with Gasteiger partial charge < -0.3 is 10.6 Å². The fourth-order valence-electron chi connectivity index (χ4n) is 4.17. The molecule has 128 valence electrons. The zero-order chi connectivity index (χ0) is 17.5. The van der Waals surface area contributed by atoms with Crippen LogP contribution in [0.3, 0.4) is 0 Å². The smallest absolute Gasteiger partial charge is 0.0604 e. The Kier molecular flexibility index (Phi) is 4.33. The molecule has 0 spiro atoms. The van der Waals surface area contributed by atoms with Gasteiger partial charge in [0.15, 0.2) is 0 Å². The van der Waals surface area contributed by atoms with Crippen molar-refractivity contribution in [2.75, 3.05) is 10.6 Å². The molecule has 0 bridgehead atoms. The molecular weight excluding hydrogens is 292 g/mol. The molecule has 24 heavy (non-hydrogen) atoms. The summed E-state index contributed by atoms with van der Waals surface area (Å²) in [6.45, 7) is 13.7. The average Bonchev–Trinajstić information content (AvgIpc) is 2.49. The quantitative estimate of drug-likeness (QED) is 0.731. The van der Waals surface area contributed by atoms with Crippen molar-refractivity contribution in [3.05, 3.63) is 59.2 Å². The molecule has 0 aromatic heterocycles. The van der Waals surface area contributed by atoms with Crippen LogP contribution in [0.5, 0.6) is 0 Å². The van der Waals surface area contributed by atoms with E-state index in [0.717, 1.165) is 0 Å². The van der Waals surface area contributed by atoms with Crippen molar-refractivity contribution in [1.29, 1.82) is 0 Å². The highest BCUT2D eigenvalue weighted by Gasteiger charge is 2.44. The molecule has 0 radical (unpaired) electrons. The van der Waals surface area contributed by atoms with Crippen molar-refractivity contribution >= 4 is 11.4 Å². The van der Waals surface area contributed by atoms with Gasteiger partial charge in [-0.2, -0.15) is 0 Å². The average molecular weight is 322 g/mol. The van der Waals surface area contributed by atoms with E-state index in [2.05, 4.69) is 94.6 Å². The maximum atomic E-state index is 3.83. The SMILES string of the molecule is Cc1cccc(NC2c3ccc(C)cc3NC(C(C)C)C2(C)C)c1. The summed E-state index contributed by atoms with van der Waals surface area (Å²) in [5.74, 6) is 0.565.